The van der Waals surface area contributed by atoms with Crippen LogP contribution in [0.4, 0.5) is 0 Å². The van der Waals surface area contributed by atoms with Crippen molar-refractivity contribution in [1.29, 1.82) is 0 Å². The molecule has 0 spiro atoms. The van der Waals surface area contributed by atoms with Gasteiger partial charge in [-0.1, -0.05) is 41.9 Å². The van der Waals surface area contributed by atoms with Crippen LogP contribution < -0.4 is 4.74 Å². The summed E-state index contributed by atoms with van der Waals surface area (Å²) in [5.41, 5.74) is 2.11. The summed E-state index contributed by atoms with van der Waals surface area (Å²) >= 11 is 7.65. The summed E-state index contributed by atoms with van der Waals surface area (Å²) in [6.07, 6.45) is 1.66. The minimum atomic E-state index is 0.0462. The first-order valence-corrected chi connectivity index (χ1v) is 10.7. The highest BCUT2D eigenvalue weighted by molar-refractivity contribution is 7.17. The number of carbonyl (C=O) groups excluding carboxylic acids is 1. The van der Waals surface area contributed by atoms with Gasteiger partial charge in [0.1, 0.15) is 15.6 Å². The first-order valence-electron chi connectivity index (χ1n) is 9.49. The molecule has 1 aliphatic rings. The number of methoxy groups -OCH3 is 1. The molecule has 29 heavy (non-hydrogen) atoms. The predicted octanol–water partition coefficient (Wildman–Crippen LogP) is 4.43. The summed E-state index contributed by atoms with van der Waals surface area (Å²) in [7, 11) is 1.67. The third-order valence-electron chi connectivity index (χ3n) is 5.05. The molecule has 0 N–H and O–H groups in total. The quantitative estimate of drug-likeness (QED) is 0.604. The highest BCUT2D eigenvalue weighted by Crippen LogP contribution is 2.31. The Bertz CT molecular complexity index is 982. The van der Waals surface area contributed by atoms with Crippen LogP contribution in [-0.4, -0.2) is 54.0 Å². The molecule has 0 radical (unpaired) electrons. The third kappa shape index (κ3) is 4.61. The molecule has 1 fully saturated rings. The molecule has 0 bridgehead atoms. The van der Waals surface area contributed by atoms with Crippen molar-refractivity contribution in [3.63, 3.8) is 0 Å². The van der Waals surface area contributed by atoms with E-state index in [1.807, 2.05) is 41.3 Å². The average Bonchev–Trinajstić information content (AvgIpc) is 3.25. The topological polar surface area (TPSA) is 45.7 Å². The van der Waals surface area contributed by atoms with Crippen LogP contribution in [0.15, 0.2) is 54.7 Å². The van der Waals surface area contributed by atoms with Crippen molar-refractivity contribution in [3.05, 3.63) is 70.2 Å². The standard InChI is InChI=1S/C22H22ClN3O2S/c1-28-17-8-6-16(7-9-17)15-25-10-12-26(13-11-25)22(27)20-14-24-21(29-20)18-4-2-3-5-19(18)23/h2-9,14H,10-13,15H2,1H3. The van der Waals surface area contributed by atoms with Crippen LogP contribution >= 0.6 is 22.9 Å². The Morgan fingerprint density at radius 2 is 1.83 bits per heavy atom. The van der Waals surface area contributed by atoms with Crippen LogP contribution in [0.5, 0.6) is 5.75 Å². The zero-order chi connectivity index (χ0) is 20.2. The smallest absolute Gasteiger partial charge is 0.265 e. The molecule has 4 rings (SSSR count). The molecule has 1 aliphatic heterocycles. The molecule has 2 aromatic carbocycles. The lowest BCUT2D eigenvalue weighted by molar-refractivity contribution is 0.0633. The number of rotatable bonds is 5. The molecule has 7 heteroatoms. The van der Waals surface area contributed by atoms with Crippen LogP contribution in [0.2, 0.25) is 5.02 Å². The first-order chi connectivity index (χ1) is 14.1. The lowest BCUT2D eigenvalue weighted by Gasteiger charge is -2.34. The monoisotopic (exact) mass is 427 g/mol. The Kier molecular flexibility index (Phi) is 6.13. The third-order valence-corrected chi connectivity index (χ3v) is 6.39. The molecule has 1 amide bonds. The van der Waals surface area contributed by atoms with Gasteiger partial charge < -0.3 is 9.64 Å². The van der Waals surface area contributed by atoms with Gasteiger partial charge in [0.05, 0.1) is 18.3 Å². The van der Waals surface area contributed by atoms with E-state index >= 15 is 0 Å². The zero-order valence-corrected chi connectivity index (χ0v) is 17.7. The van der Waals surface area contributed by atoms with Crippen molar-refractivity contribution in [2.45, 2.75) is 6.54 Å². The van der Waals surface area contributed by atoms with Gasteiger partial charge in [-0.2, -0.15) is 0 Å². The fourth-order valence-corrected chi connectivity index (χ4v) is 4.59. The largest absolute Gasteiger partial charge is 0.497 e. The van der Waals surface area contributed by atoms with Gasteiger partial charge in [0.15, 0.2) is 0 Å². The molecule has 0 aliphatic carbocycles. The Hall–Kier alpha value is -2.41. The zero-order valence-electron chi connectivity index (χ0n) is 16.2. The Morgan fingerprint density at radius 3 is 2.52 bits per heavy atom. The van der Waals surface area contributed by atoms with Crippen molar-refractivity contribution >= 4 is 28.8 Å². The molecular weight excluding hydrogens is 406 g/mol. The number of ether oxygens (including phenoxy) is 1. The van der Waals surface area contributed by atoms with Gasteiger partial charge in [-0.05, 0) is 23.8 Å². The number of thiazole rings is 1. The SMILES string of the molecule is COc1ccc(CN2CCN(C(=O)c3cnc(-c4ccccc4Cl)s3)CC2)cc1. The lowest BCUT2D eigenvalue weighted by Crippen LogP contribution is -2.48. The molecule has 3 aromatic rings. The number of benzene rings is 2. The molecular formula is C22H22ClN3O2S. The van der Waals surface area contributed by atoms with Gasteiger partial charge in [0.2, 0.25) is 0 Å². The number of hydrogen-bond acceptors (Lipinski definition) is 5. The molecule has 5 nitrogen and oxygen atoms in total. The van der Waals surface area contributed by atoms with E-state index in [1.165, 1.54) is 16.9 Å². The van der Waals surface area contributed by atoms with Gasteiger partial charge in [-0.25, -0.2) is 4.98 Å². The van der Waals surface area contributed by atoms with Crippen LogP contribution in [0, 0.1) is 0 Å². The Balaban J connectivity index is 1.35. The van der Waals surface area contributed by atoms with Crippen LogP contribution in [0.3, 0.4) is 0 Å². The summed E-state index contributed by atoms with van der Waals surface area (Å²) in [5.74, 6) is 0.912. The van der Waals surface area contributed by atoms with Gasteiger partial charge in [-0.3, -0.25) is 9.69 Å². The summed E-state index contributed by atoms with van der Waals surface area (Å²) in [6.45, 7) is 4.02. The summed E-state index contributed by atoms with van der Waals surface area (Å²) in [4.78, 5) is 22.2. The van der Waals surface area contributed by atoms with E-state index in [9.17, 15) is 4.79 Å². The minimum absolute atomic E-state index is 0.0462. The van der Waals surface area contributed by atoms with Gasteiger partial charge >= 0.3 is 0 Å². The molecule has 1 aromatic heterocycles. The van der Waals surface area contributed by atoms with E-state index in [0.717, 1.165) is 36.0 Å². The second-order valence-corrected chi connectivity index (χ2v) is 8.36. The predicted molar refractivity (Wildman–Crippen MR) is 117 cm³/mol. The number of carbonyl (C=O) groups is 1. The maximum atomic E-state index is 12.9. The van der Waals surface area contributed by atoms with Gasteiger partial charge in [-0.15, -0.1) is 11.3 Å². The molecule has 2 heterocycles. The van der Waals surface area contributed by atoms with E-state index < -0.39 is 0 Å². The lowest BCUT2D eigenvalue weighted by atomic mass is 10.2. The molecule has 0 unspecified atom stereocenters. The van der Waals surface area contributed by atoms with Crippen molar-refractivity contribution in [2.75, 3.05) is 33.3 Å². The van der Waals surface area contributed by atoms with Crippen molar-refractivity contribution in [3.8, 4) is 16.3 Å². The molecule has 0 saturated carbocycles. The van der Waals surface area contributed by atoms with Gasteiger partial charge in [0.25, 0.3) is 5.91 Å². The molecule has 150 valence electrons. The van der Waals surface area contributed by atoms with Crippen LogP contribution in [0.1, 0.15) is 15.2 Å². The Labute approximate surface area is 179 Å². The number of piperazine rings is 1. The van der Waals surface area contributed by atoms with Crippen LogP contribution in [0.25, 0.3) is 10.6 Å². The van der Waals surface area contributed by atoms with Gasteiger partial charge in [0, 0.05) is 38.3 Å². The van der Waals surface area contributed by atoms with E-state index in [0.29, 0.717) is 23.0 Å². The van der Waals surface area contributed by atoms with E-state index in [1.54, 1.807) is 13.3 Å². The fraction of sp³-hybridized carbons (Fsp3) is 0.273. The van der Waals surface area contributed by atoms with E-state index in [2.05, 4.69) is 22.0 Å². The van der Waals surface area contributed by atoms with Crippen molar-refractivity contribution in [1.82, 2.24) is 14.8 Å². The van der Waals surface area contributed by atoms with Crippen molar-refractivity contribution in [2.24, 2.45) is 0 Å². The molecule has 1 saturated heterocycles. The highest BCUT2D eigenvalue weighted by atomic mass is 35.5. The second kappa shape index (κ2) is 8.95. The van der Waals surface area contributed by atoms with E-state index in [-0.39, 0.29) is 5.91 Å². The minimum Gasteiger partial charge on any atom is -0.497 e. The van der Waals surface area contributed by atoms with Crippen molar-refractivity contribution < 1.29 is 9.53 Å². The number of hydrogen-bond donors (Lipinski definition) is 0. The average molecular weight is 428 g/mol. The number of amides is 1. The first kappa shape index (κ1) is 19.9. The number of halogens is 1. The highest BCUT2D eigenvalue weighted by Gasteiger charge is 2.24. The summed E-state index contributed by atoms with van der Waals surface area (Å²) in [5, 5.41) is 1.42. The normalized spacial score (nSPS) is 14.8. The maximum Gasteiger partial charge on any atom is 0.265 e. The summed E-state index contributed by atoms with van der Waals surface area (Å²) < 4.78 is 5.21. The van der Waals surface area contributed by atoms with Crippen LogP contribution in [-0.2, 0) is 6.54 Å². The number of aromatic nitrogens is 1. The summed E-state index contributed by atoms with van der Waals surface area (Å²) in [6, 6.07) is 15.7. The number of nitrogens with zero attached hydrogens (tertiary/aromatic N) is 3. The Morgan fingerprint density at radius 1 is 1.10 bits per heavy atom. The second-order valence-electron chi connectivity index (χ2n) is 6.93. The fourth-order valence-electron chi connectivity index (χ4n) is 3.39. The molecule has 0 atom stereocenters. The maximum absolute atomic E-state index is 12.9. The van der Waals surface area contributed by atoms with E-state index in [4.69, 9.17) is 16.3 Å².